The van der Waals surface area contributed by atoms with Crippen LogP contribution in [0.15, 0.2) is 121 Å². The molecular weight excluding hydrogens is 599 g/mol. The number of hydrogen-bond donors (Lipinski definition) is 0. The zero-order valence-corrected chi connectivity index (χ0v) is 27.5. The van der Waals surface area contributed by atoms with Gasteiger partial charge in [-0.3, -0.25) is 0 Å². The van der Waals surface area contributed by atoms with Crippen molar-refractivity contribution in [2.24, 2.45) is 0 Å². The van der Waals surface area contributed by atoms with E-state index < -0.39 is 0 Å². The van der Waals surface area contributed by atoms with Gasteiger partial charge in [-0.05, 0) is 11.1 Å². The summed E-state index contributed by atoms with van der Waals surface area (Å²) < 4.78 is 0. The summed E-state index contributed by atoms with van der Waals surface area (Å²) in [4.78, 5) is 0. The summed E-state index contributed by atoms with van der Waals surface area (Å²) in [5.74, 6) is 0. The van der Waals surface area contributed by atoms with E-state index in [0.717, 1.165) is 0 Å². The molecule has 0 saturated heterocycles. The molecule has 0 aliphatic heterocycles. The van der Waals surface area contributed by atoms with Crippen molar-refractivity contribution in [1.29, 1.82) is 0 Å². The molecule has 0 bridgehead atoms. The second-order valence-corrected chi connectivity index (χ2v) is 8.41. The second kappa shape index (κ2) is 17.4. The number of hydrogen-bond acceptors (Lipinski definition) is 0. The molecule has 0 amide bonds. The minimum absolute atomic E-state index is 0. The predicted octanol–water partition coefficient (Wildman–Crippen LogP) is 10.4. The SMILES string of the molecule is Cc1cc2c(-c3ccccc3)cccc2[cH-]1.Cc1cc2c(-c3ccccc3)cccc2[cH-]1.Cl.Cl.[CH3-].[CH3-].[Si]=[Zr]. The van der Waals surface area contributed by atoms with Gasteiger partial charge in [-0.25, -0.2) is 0 Å². The average molecular weight is 633 g/mol. The third kappa shape index (κ3) is 8.39. The van der Waals surface area contributed by atoms with Crippen molar-refractivity contribution in [1.82, 2.24) is 0 Å². The number of aryl methyl sites for hydroxylation is 2. The first-order chi connectivity index (χ1) is 16.7. The van der Waals surface area contributed by atoms with Crippen molar-refractivity contribution in [2.75, 3.05) is 0 Å². The molecule has 0 aliphatic carbocycles. The Labute approximate surface area is 258 Å². The molecule has 6 aromatic rings. The van der Waals surface area contributed by atoms with Crippen LogP contribution < -0.4 is 0 Å². The number of fused-ring (bicyclic) bond motifs is 2. The Kier molecular flexibility index (Phi) is 16.4. The first-order valence-corrected chi connectivity index (χ1v) is 15.6. The van der Waals surface area contributed by atoms with Crippen molar-refractivity contribution >= 4 is 53.2 Å². The van der Waals surface area contributed by atoms with Crippen LogP contribution in [0.25, 0.3) is 43.8 Å². The Balaban J connectivity index is 0.000000616. The van der Waals surface area contributed by atoms with Gasteiger partial charge in [-0.2, -0.15) is 12.1 Å². The molecule has 6 aromatic carbocycles. The van der Waals surface area contributed by atoms with Crippen molar-refractivity contribution < 1.29 is 23.3 Å². The van der Waals surface area contributed by atoms with Crippen LogP contribution in [0.5, 0.6) is 0 Å². The molecule has 6 rings (SSSR count). The van der Waals surface area contributed by atoms with Crippen LogP contribution in [-0.4, -0.2) is 6.88 Å². The van der Waals surface area contributed by atoms with Crippen molar-refractivity contribution in [3.63, 3.8) is 0 Å². The molecule has 0 aliphatic rings. The van der Waals surface area contributed by atoms with Crippen molar-refractivity contribution in [3.8, 4) is 22.3 Å². The maximum atomic E-state index is 3.06. The molecule has 0 heterocycles. The molecule has 196 valence electrons. The Morgan fingerprint density at radius 3 is 1.18 bits per heavy atom. The van der Waals surface area contributed by atoms with Gasteiger partial charge in [-0.15, -0.1) is 93.9 Å². The molecule has 0 unspecified atom stereocenters. The Morgan fingerprint density at radius 1 is 0.500 bits per heavy atom. The van der Waals surface area contributed by atoms with E-state index in [-0.39, 0.29) is 39.7 Å². The van der Waals surface area contributed by atoms with E-state index >= 15 is 0 Å². The summed E-state index contributed by atoms with van der Waals surface area (Å²) in [6.45, 7) is 7.36. The summed E-state index contributed by atoms with van der Waals surface area (Å²) in [6, 6.07) is 43.1. The second-order valence-electron chi connectivity index (χ2n) is 8.41. The fourth-order valence-electron chi connectivity index (χ4n) is 4.51. The van der Waals surface area contributed by atoms with Crippen LogP contribution in [0.1, 0.15) is 11.1 Å². The average Bonchev–Trinajstić information content (AvgIpc) is 3.47. The fraction of sp³-hybridized carbons (Fsp3) is 0.0588. The van der Waals surface area contributed by atoms with Gasteiger partial charge in [0.25, 0.3) is 0 Å². The molecule has 0 N–H and O–H groups in total. The summed E-state index contributed by atoms with van der Waals surface area (Å²) in [6.07, 6.45) is 0. The quantitative estimate of drug-likeness (QED) is 0.132. The van der Waals surface area contributed by atoms with Crippen LogP contribution in [-0.2, 0) is 23.3 Å². The predicted molar refractivity (Wildman–Crippen MR) is 173 cm³/mol. The molecule has 0 fully saturated rings. The van der Waals surface area contributed by atoms with E-state index in [1.54, 1.807) is 0 Å². The van der Waals surface area contributed by atoms with Gasteiger partial charge in [0, 0.05) is 0 Å². The molecule has 0 aromatic heterocycles. The summed E-state index contributed by atoms with van der Waals surface area (Å²) in [5, 5.41) is 5.37. The summed E-state index contributed by atoms with van der Waals surface area (Å²) in [7, 11) is 0. The van der Waals surface area contributed by atoms with Crippen molar-refractivity contribution in [2.45, 2.75) is 13.8 Å². The van der Waals surface area contributed by atoms with Gasteiger partial charge < -0.3 is 14.9 Å². The fourth-order valence-corrected chi connectivity index (χ4v) is 4.51. The van der Waals surface area contributed by atoms with E-state index in [2.05, 4.69) is 142 Å². The zero-order valence-electron chi connectivity index (χ0n) is 22.4. The van der Waals surface area contributed by atoms with Gasteiger partial charge >= 0.3 is 30.2 Å². The molecule has 4 heteroatoms. The van der Waals surface area contributed by atoms with E-state index in [1.807, 2.05) is 0 Å². The zero-order chi connectivity index (χ0) is 23.9. The van der Waals surface area contributed by atoms with E-state index in [1.165, 1.54) is 78.3 Å². The third-order valence-electron chi connectivity index (χ3n) is 5.96. The van der Waals surface area contributed by atoms with Crippen LogP contribution in [0.4, 0.5) is 0 Å². The minimum atomic E-state index is 0. The van der Waals surface area contributed by atoms with E-state index in [0.29, 0.717) is 0 Å². The first-order valence-electron chi connectivity index (χ1n) is 11.4. The molecule has 0 spiro atoms. The normalized spacial score (nSPS) is 9.18. The standard InChI is InChI=1S/2C16H13.2CH3.2ClH.Si.Zr/c2*1-12-10-14-8-5-9-15(16(14)11-12)13-6-3-2-4-7-13;;;;;;/h2*2-11H,1H3;2*1H3;2*1H;;/q4*-1;;;;. The van der Waals surface area contributed by atoms with Crippen LogP contribution in [0.2, 0.25) is 0 Å². The summed E-state index contributed by atoms with van der Waals surface area (Å²) >= 11 is 1.36. The summed E-state index contributed by atoms with van der Waals surface area (Å²) in [5.41, 5.74) is 7.89. The van der Waals surface area contributed by atoms with Gasteiger partial charge in [0.2, 0.25) is 0 Å². The third-order valence-corrected chi connectivity index (χ3v) is 5.96. The molecule has 0 atom stereocenters. The van der Waals surface area contributed by atoms with E-state index in [9.17, 15) is 0 Å². The maximum absolute atomic E-state index is 3.06. The molecular formula is C34H34Cl2SiZr-4. The monoisotopic (exact) mass is 630 g/mol. The number of halogens is 2. The Bertz CT molecular complexity index is 1390. The van der Waals surface area contributed by atoms with Gasteiger partial charge in [-0.1, -0.05) is 97.8 Å². The van der Waals surface area contributed by atoms with Gasteiger partial charge in [0.05, 0.1) is 0 Å². The molecule has 0 nitrogen and oxygen atoms in total. The topological polar surface area (TPSA) is 0 Å². The first kappa shape index (κ1) is 35.8. The number of rotatable bonds is 2. The molecule has 38 heavy (non-hydrogen) atoms. The molecule has 2 radical (unpaired) electrons. The van der Waals surface area contributed by atoms with Crippen LogP contribution in [0.3, 0.4) is 0 Å². The van der Waals surface area contributed by atoms with E-state index in [4.69, 9.17) is 0 Å². The van der Waals surface area contributed by atoms with Crippen molar-refractivity contribution in [3.05, 3.63) is 147 Å². The molecule has 0 saturated carbocycles. The Hall–Kier alpha value is -2.22. The van der Waals surface area contributed by atoms with Crippen LogP contribution in [0, 0.1) is 28.7 Å². The van der Waals surface area contributed by atoms with Gasteiger partial charge in [0.15, 0.2) is 0 Å². The number of benzene rings is 4. The Morgan fingerprint density at radius 2 is 0.842 bits per heavy atom. The van der Waals surface area contributed by atoms with Crippen LogP contribution >= 0.6 is 24.8 Å². The van der Waals surface area contributed by atoms with Gasteiger partial charge in [0.1, 0.15) is 0 Å².